The zero-order valence-electron chi connectivity index (χ0n) is 13.3. The van der Waals surface area contributed by atoms with E-state index in [0.717, 1.165) is 11.1 Å². The Balaban J connectivity index is 2.25. The molecule has 2 aromatic carbocycles. The van der Waals surface area contributed by atoms with Gasteiger partial charge in [-0.15, -0.1) is 0 Å². The summed E-state index contributed by atoms with van der Waals surface area (Å²) >= 11 is 0. The monoisotopic (exact) mass is 330 g/mol. The van der Waals surface area contributed by atoms with E-state index in [1.165, 1.54) is 0 Å². The number of aryl methyl sites for hydroxylation is 2. The molecule has 23 heavy (non-hydrogen) atoms. The lowest BCUT2D eigenvalue weighted by molar-refractivity contribution is 0.411. The van der Waals surface area contributed by atoms with Crippen LogP contribution in [0.25, 0.3) is 0 Å². The van der Waals surface area contributed by atoms with Crippen LogP contribution in [0.2, 0.25) is 0 Å². The minimum Gasteiger partial charge on any atom is -0.496 e. The molecule has 0 unspecified atom stereocenters. The Morgan fingerprint density at radius 1 is 1.17 bits per heavy atom. The summed E-state index contributed by atoms with van der Waals surface area (Å²) in [6.07, 6.45) is 0. The highest BCUT2D eigenvalue weighted by Gasteiger charge is 2.18. The molecule has 0 amide bonds. The van der Waals surface area contributed by atoms with E-state index in [9.17, 15) is 8.42 Å². The lowest BCUT2D eigenvalue weighted by Gasteiger charge is -2.13. The van der Waals surface area contributed by atoms with Crippen LogP contribution in [0.15, 0.2) is 41.3 Å². The van der Waals surface area contributed by atoms with E-state index >= 15 is 0 Å². The molecule has 5 nitrogen and oxygen atoms in total. The largest absolute Gasteiger partial charge is 0.496 e. The first-order valence-corrected chi connectivity index (χ1v) is 8.49. The molecule has 120 valence electrons. The molecule has 0 aliphatic rings. The van der Waals surface area contributed by atoms with E-state index in [1.54, 1.807) is 57.4 Å². The second kappa shape index (κ2) is 6.82. The van der Waals surface area contributed by atoms with E-state index in [0.29, 0.717) is 16.9 Å². The van der Waals surface area contributed by atoms with Gasteiger partial charge in [0.1, 0.15) is 5.75 Å². The predicted molar refractivity (Wildman–Crippen MR) is 87.7 cm³/mol. The van der Waals surface area contributed by atoms with Crippen molar-refractivity contribution in [3.8, 4) is 11.8 Å². The SMILES string of the molecule is COc1cc(C)c(S(=O)(=O)NCc2cccc(C#N)c2)cc1C. The molecule has 0 heterocycles. The number of hydrogen-bond acceptors (Lipinski definition) is 4. The Labute approximate surface area is 136 Å². The van der Waals surface area contributed by atoms with Gasteiger partial charge in [-0.25, -0.2) is 13.1 Å². The van der Waals surface area contributed by atoms with Crippen LogP contribution in [0.1, 0.15) is 22.3 Å². The highest BCUT2D eigenvalue weighted by atomic mass is 32.2. The lowest BCUT2D eigenvalue weighted by Crippen LogP contribution is -2.24. The van der Waals surface area contributed by atoms with Gasteiger partial charge in [-0.05, 0) is 54.8 Å². The maximum atomic E-state index is 12.5. The zero-order valence-corrected chi connectivity index (χ0v) is 14.1. The van der Waals surface area contributed by atoms with Crippen molar-refractivity contribution in [2.45, 2.75) is 25.3 Å². The van der Waals surface area contributed by atoms with Crippen LogP contribution in [-0.4, -0.2) is 15.5 Å². The number of sulfonamides is 1. The van der Waals surface area contributed by atoms with Gasteiger partial charge in [-0.3, -0.25) is 0 Å². The van der Waals surface area contributed by atoms with Gasteiger partial charge in [-0.2, -0.15) is 5.26 Å². The number of methoxy groups -OCH3 is 1. The van der Waals surface area contributed by atoms with E-state index < -0.39 is 10.0 Å². The number of nitriles is 1. The summed E-state index contributed by atoms with van der Waals surface area (Å²) in [5.74, 6) is 0.656. The Bertz CT molecular complexity index is 868. The third kappa shape index (κ3) is 3.89. The smallest absolute Gasteiger partial charge is 0.241 e. The van der Waals surface area contributed by atoms with E-state index in [4.69, 9.17) is 10.00 Å². The van der Waals surface area contributed by atoms with Gasteiger partial charge in [-0.1, -0.05) is 12.1 Å². The first-order valence-electron chi connectivity index (χ1n) is 7.01. The van der Waals surface area contributed by atoms with Crippen molar-refractivity contribution >= 4 is 10.0 Å². The molecule has 0 atom stereocenters. The third-order valence-corrected chi connectivity index (χ3v) is 5.05. The summed E-state index contributed by atoms with van der Waals surface area (Å²) < 4.78 is 32.8. The molecular weight excluding hydrogens is 312 g/mol. The highest BCUT2D eigenvalue weighted by Crippen LogP contribution is 2.25. The van der Waals surface area contributed by atoms with Crippen LogP contribution in [-0.2, 0) is 16.6 Å². The summed E-state index contributed by atoms with van der Waals surface area (Å²) in [6.45, 7) is 3.66. The molecule has 0 fully saturated rings. The number of ether oxygens (including phenoxy) is 1. The van der Waals surface area contributed by atoms with Gasteiger partial charge in [0.25, 0.3) is 0 Å². The van der Waals surface area contributed by atoms with Crippen LogP contribution in [0.5, 0.6) is 5.75 Å². The normalized spacial score (nSPS) is 11.0. The molecule has 0 aromatic heterocycles. The number of hydrogen-bond donors (Lipinski definition) is 1. The average Bonchev–Trinajstić information content (AvgIpc) is 2.54. The van der Waals surface area contributed by atoms with Crippen LogP contribution < -0.4 is 9.46 Å². The topological polar surface area (TPSA) is 79.2 Å². The Morgan fingerprint density at radius 3 is 2.57 bits per heavy atom. The maximum absolute atomic E-state index is 12.5. The summed E-state index contributed by atoms with van der Waals surface area (Å²) in [4.78, 5) is 0.229. The molecule has 0 bridgehead atoms. The molecule has 0 aliphatic heterocycles. The first-order chi connectivity index (χ1) is 10.9. The molecule has 6 heteroatoms. The van der Waals surface area contributed by atoms with Crippen molar-refractivity contribution in [1.82, 2.24) is 4.72 Å². The van der Waals surface area contributed by atoms with Crippen molar-refractivity contribution in [2.24, 2.45) is 0 Å². The molecule has 0 saturated heterocycles. The van der Waals surface area contributed by atoms with Gasteiger partial charge < -0.3 is 4.74 Å². The van der Waals surface area contributed by atoms with Crippen LogP contribution in [0.4, 0.5) is 0 Å². The molecule has 1 N–H and O–H groups in total. The Hall–Kier alpha value is -2.36. The fourth-order valence-corrected chi connectivity index (χ4v) is 3.61. The average molecular weight is 330 g/mol. The Kier molecular flexibility index (Phi) is 5.04. The quantitative estimate of drug-likeness (QED) is 0.914. The number of rotatable bonds is 5. The van der Waals surface area contributed by atoms with Crippen molar-refractivity contribution in [1.29, 1.82) is 5.26 Å². The number of nitrogens with zero attached hydrogens (tertiary/aromatic N) is 1. The predicted octanol–water partition coefficient (Wildman–Crippen LogP) is 2.66. The second-order valence-corrected chi connectivity index (χ2v) is 6.96. The molecule has 2 aromatic rings. The summed E-state index contributed by atoms with van der Waals surface area (Å²) in [7, 11) is -2.09. The fourth-order valence-electron chi connectivity index (χ4n) is 2.28. The second-order valence-electron chi connectivity index (χ2n) is 5.22. The molecule has 0 radical (unpaired) electrons. The van der Waals surface area contributed by atoms with Gasteiger partial charge in [0.2, 0.25) is 10.0 Å². The molecule has 0 aliphatic carbocycles. The van der Waals surface area contributed by atoms with Gasteiger partial charge in [0, 0.05) is 6.54 Å². The standard InChI is InChI=1S/C17H18N2O3S/c1-12-8-17(13(2)7-16(12)22-3)23(20,21)19-11-15-6-4-5-14(9-15)10-18/h4-9,19H,11H2,1-3H3. The zero-order chi connectivity index (χ0) is 17.0. The lowest BCUT2D eigenvalue weighted by atomic mass is 10.1. The minimum absolute atomic E-state index is 0.127. The number of nitrogens with one attached hydrogen (secondary N) is 1. The third-order valence-electron chi connectivity index (χ3n) is 3.50. The van der Waals surface area contributed by atoms with Crippen molar-refractivity contribution < 1.29 is 13.2 Å². The van der Waals surface area contributed by atoms with E-state index in [-0.39, 0.29) is 11.4 Å². The van der Waals surface area contributed by atoms with Crippen molar-refractivity contribution in [3.05, 3.63) is 58.7 Å². The van der Waals surface area contributed by atoms with E-state index in [1.807, 2.05) is 6.07 Å². The molecule has 0 saturated carbocycles. The summed E-state index contributed by atoms with van der Waals surface area (Å²) in [5.41, 5.74) is 2.60. The maximum Gasteiger partial charge on any atom is 0.241 e. The molecule has 2 rings (SSSR count). The van der Waals surface area contributed by atoms with E-state index in [2.05, 4.69) is 4.72 Å². The summed E-state index contributed by atoms with van der Waals surface area (Å²) in [5, 5.41) is 8.88. The van der Waals surface area contributed by atoms with Gasteiger partial charge >= 0.3 is 0 Å². The first kappa shape index (κ1) is 17.0. The van der Waals surface area contributed by atoms with Gasteiger partial charge in [0.15, 0.2) is 0 Å². The van der Waals surface area contributed by atoms with Crippen molar-refractivity contribution in [3.63, 3.8) is 0 Å². The highest BCUT2D eigenvalue weighted by molar-refractivity contribution is 7.89. The van der Waals surface area contributed by atoms with Gasteiger partial charge in [0.05, 0.1) is 23.6 Å². The van der Waals surface area contributed by atoms with Crippen LogP contribution in [0.3, 0.4) is 0 Å². The minimum atomic E-state index is -3.64. The van der Waals surface area contributed by atoms with Crippen LogP contribution in [0, 0.1) is 25.2 Å². The Morgan fingerprint density at radius 2 is 1.91 bits per heavy atom. The van der Waals surface area contributed by atoms with Crippen molar-refractivity contribution in [2.75, 3.05) is 7.11 Å². The van der Waals surface area contributed by atoms with Crippen LogP contribution >= 0.6 is 0 Å². The fraction of sp³-hybridized carbons (Fsp3) is 0.235. The number of benzene rings is 2. The molecular formula is C17H18N2O3S. The summed E-state index contributed by atoms with van der Waals surface area (Å²) in [6, 6.07) is 12.2. The molecule has 0 spiro atoms.